The minimum absolute atomic E-state index is 0.163. The van der Waals surface area contributed by atoms with Crippen molar-refractivity contribution in [3.8, 4) is 5.75 Å². The first-order valence-corrected chi connectivity index (χ1v) is 10.7. The highest BCUT2D eigenvalue weighted by Gasteiger charge is 2.28. The lowest BCUT2D eigenvalue weighted by molar-refractivity contribution is -0.149. The van der Waals surface area contributed by atoms with E-state index in [-0.39, 0.29) is 18.6 Å². The van der Waals surface area contributed by atoms with Crippen LogP contribution in [0, 0.1) is 0 Å². The van der Waals surface area contributed by atoms with Crippen molar-refractivity contribution in [1.29, 1.82) is 0 Å². The zero-order valence-electron chi connectivity index (χ0n) is 17.7. The molecule has 2 N–H and O–H groups in total. The zero-order valence-corrected chi connectivity index (χ0v) is 17.7. The van der Waals surface area contributed by atoms with Crippen molar-refractivity contribution in [3.63, 3.8) is 0 Å². The summed E-state index contributed by atoms with van der Waals surface area (Å²) in [5, 5.41) is 6.05. The summed E-state index contributed by atoms with van der Waals surface area (Å²) < 4.78 is 11.1. The Labute approximate surface area is 183 Å². The Kier molecular flexibility index (Phi) is 8.67. The summed E-state index contributed by atoms with van der Waals surface area (Å²) in [4.78, 5) is 25.4. The van der Waals surface area contributed by atoms with Gasteiger partial charge in [-0.3, -0.25) is 4.79 Å². The molecule has 2 aromatic rings. The van der Waals surface area contributed by atoms with E-state index in [2.05, 4.69) is 17.2 Å². The maximum atomic E-state index is 12.8. The van der Waals surface area contributed by atoms with E-state index in [4.69, 9.17) is 9.47 Å². The predicted molar refractivity (Wildman–Crippen MR) is 120 cm³/mol. The summed E-state index contributed by atoms with van der Waals surface area (Å²) in [5.74, 6) is 0.151. The Morgan fingerprint density at radius 3 is 2.58 bits per heavy atom. The summed E-state index contributed by atoms with van der Waals surface area (Å²) in [6, 6.07) is 16.0. The van der Waals surface area contributed by atoms with E-state index >= 15 is 0 Å². The number of ether oxygens (including phenoxy) is 2. The molecule has 0 saturated carbocycles. The number of hydrogen-bond donors (Lipinski definition) is 2. The maximum absolute atomic E-state index is 12.8. The fourth-order valence-corrected chi connectivity index (χ4v) is 3.42. The van der Waals surface area contributed by atoms with Gasteiger partial charge in [-0.05, 0) is 49.1 Å². The molecule has 0 radical (unpaired) electrons. The molecule has 1 amide bonds. The van der Waals surface area contributed by atoms with Gasteiger partial charge in [0, 0.05) is 6.42 Å². The van der Waals surface area contributed by atoms with Crippen LogP contribution in [0.5, 0.6) is 5.75 Å². The molecular formula is C25H30N2O4. The average molecular weight is 423 g/mol. The Morgan fingerprint density at radius 1 is 1.13 bits per heavy atom. The Balaban J connectivity index is 1.63. The van der Waals surface area contributed by atoms with E-state index in [9.17, 15) is 9.59 Å². The fourth-order valence-electron chi connectivity index (χ4n) is 3.42. The normalized spacial score (nSPS) is 16.3. The van der Waals surface area contributed by atoms with Gasteiger partial charge in [-0.1, -0.05) is 48.5 Å². The van der Waals surface area contributed by atoms with Crippen LogP contribution in [0.2, 0.25) is 0 Å². The molecule has 3 rings (SSSR count). The number of nitrogens with one attached hydrogen (secondary N) is 2. The van der Waals surface area contributed by atoms with E-state index in [1.165, 1.54) is 0 Å². The summed E-state index contributed by atoms with van der Waals surface area (Å²) in [6.07, 6.45) is 4.65. The van der Waals surface area contributed by atoms with Crippen molar-refractivity contribution in [2.45, 2.75) is 44.4 Å². The molecule has 31 heavy (non-hydrogen) atoms. The summed E-state index contributed by atoms with van der Waals surface area (Å²) in [6.45, 7) is 5.23. The first kappa shape index (κ1) is 22.6. The van der Waals surface area contributed by atoms with Crippen molar-refractivity contribution in [1.82, 2.24) is 10.6 Å². The van der Waals surface area contributed by atoms with Gasteiger partial charge < -0.3 is 20.1 Å². The molecule has 1 heterocycles. The van der Waals surface area contributed by atoms with E-state index in [1.807, 2.05) is 60.7 Å². The number of carbonyl (C=O) groups excluding carboxylic acids is 2. The molecule has 164 valence electrons. The number of amides is 1. The van der Waals surface area contributed by atoms with Gasteiger partial charge in [0.25, 0.3) is 0 Å². The number of hydrogen-bond acceptors (Lipinski definition) is 5. The second-order valence-electron chi connectivity index (χ2n) is 7.58. The van der Waals surface area contributed by atoms with Gasteiger partial charge in [-0.15, -0.1) is 6.58 Å². The molecule has 6 heteroatoms. The van der Waals surface area contributed by atoms with Crippen molar-refractivity contribution in [3.05, 3.63) is 78.4 Å². The molecule has 1 saturated heterocycles. The smallest absolute Gasteiger partial charge is 0.329 e. The molecule has 1 aliphatic heterocycles. The molecule has 0 aromatic heterocycles. The number of benzene rings is 2. The van der Waals surface area contributed by atoms with Gasteiger partial charge in [0.2, 0.25) is 5.91 Å². The summed E-state index contributed by atoms with van der Waals surface area (Å²) >= 11 is 0. The molecule has 6 nitrogen and oxygen atoms in total. The fraction of sp³-hybridized carbons (Fsp3) is 0.360. The van der Waals surface area contributed by atoms with E-state index in [0.29, 0.717) is 13.0 Å². The molecule has 0 aliphatic carbocycles. The van der Waals surface area contributed by atoms with Crippen LogP contribution in [0.4, 0.5) is 0 Å². The van der Waals surface area contributed by atoms with Gasteiger partial charge in [0.15, 0.2) is 0 Å². The lowest BCUT2D eigenvalue weighted by Gasteiger charge is -2.20. The molecule has 0 unspecified atom stereocenters. The van der Waals surface area contributed by atoms with Gasteiger partial charge in [-0.2, -0.15) is 0 Å². The van der Waals surface area contributed by atoms with Crippen LogP contribution in [0.1, 0.15) is 30.4 Å². The van der Waals surface area contributed by atoms with E-state index in [0.717, 1.165) is 42.7 Å². The van der Waals surface area contributed by atoms with Crippen LogP contribution in [0.25, 0.3) is 0 Å². The van der Waals surface area contributed by atoms with Gasteiger partial charge in [0.05, 0.1) is 12.6 Å². The first-order valence-electron chi connectivity index (χ1n) is 10.7. The minimum Gasteiger partial charge on any atom is -0.493 e. The molecule has 0 bridgehead atoms. The monoisotopic (exact) mass is 422 g/mol. The maximum Gasteiger partial charge on any atom is 0.329 e. The molecule has 1 fully saturated rings. The third-order valence-electron chi connectivity index (χ3n) is 5.16. The number of rotatable bonds is 11. The Morgan fingerprint density at radius 2 is 1.90 bits per heavy atom. The topological polar surface area (TPSA) is 76.7 Å². The molecule has 2 aromatic carbocycles. The summed E-state index contributed by atoms with van der Waals surface area (Å²) in [7, 11) is 0. The van der Waals surface area contributed by atoms with Crippen molar-refractivity contribution < 1.29 is 19.1 Å². The quantitative estimate of drug-likeness (QED) is 0.330. The highest BCUT2D eigenvalue weighted by atomic mass is 16.5. The average Bonchev–Trinajstić information content (AvgIpc) is 3.34. The van der Waals surface area contributed by atoms with Crippen LogP contribution >= 0.6 is 0 Å². The Bertz CT molecular complexity index is 846. The van der Waals surface area contributed by atoms with Gasteiger partial charge in [0.1, 0.15) is 18.4 Å². The summed E-state index contributed by atoms with van der Waals surface area (Å²) in [5.41, 5.74) is 1.82. The highest BCUT2D eigenvalue weighted by molar-refractivity contribution is 5.87. The lowest BCUT2D eigenvalue weighted by Crippen LogP contribution is -2.49. The second kappa shape index (κ2) is 11.9. The van der Waals surface area contributed by atoms with Crippen molar-refractivity contribution in [2.75, 3.05) is 13.2 Å². The van der Waals surface area contributed by atoms with Crippen LogP contribution in [0.15, 0.2) is 67.3 Å². The third kappa shape index (κ3) is 7.26. The van der Waals surface area contributed by atoms with Crippen molar-refractivity contribution in [2.24, 2.45) is 0 Å². The SMILES string of the molecule is C=CCCOc1ccc(C[C@H](NC(=O)[C@@H]2CCCN2)C(=O)OCc2ccccc2)cc1. The molecular weight excluding hydrogens is 392 g/mol. The molecule has 1 aliphatic rings. The Hall–Kier alpha value is -3.12. The van der Waals surface area contributed by atoms with Crippen molar-refractivity contribution >= 4 is 11.9 Å². The zero-order chi connectivity index (χ0) is 21.9. The first-order chi connectivity index (χ1) is 15.2. The van der Waals surface area contributed by atoms with Crippen LogP contribution in [0.3, 0.4) is 0 Å². The van der Waals surface area contributed by atoms with E-state index in [1.54, 1.807) is 0 Å². The molecule has 2 atom stereocenters. The largest absolute Gasteiger partial charge is 0.493 e. The van der Waals surface area contributed by atoms with E-state index < -0.39 is 12.0 Å². The third-order valence-corrected chi connectivity index (χ3v) is 5.16. The standard InChI is InChI=1S/C25H30N2O4/c1-2-3-16-30-21-13-11-19(12-14-21)17-23(27-24(28)22-10-7-15-26-22)25(29)31-18-20-8-5-4-6-9-20/h2,4-6,8-9,11-14,22-23,26H,1,3,7,10,15-18H2,(H,27,28)/t22-,23-/m0/s1. The molecule has 0 spiro atoms. The lowest BCUT2D eigenvalue weighted by atomic mass is 10.0. The van der Waals surface area contributed by atoms with Gasteiger partial charge in [-0.25, -0.2) is 4.79 Å². The highest BCUT2D eigenvalue weighted by Crippen LogP contribution is 2.15. The minimum atomic E-state index is -0.758. The second-order valence-corrected chi connectivity index (χ2v) is 7.58. The van der Waals surface area contributed by atoms with Crippen LogP contribution in [-0.2, 0) is 27.4 Å². The predicted octanol–water partition coefficient (Wildman–Crippen LogP) is 3.16. The number of esters is 1. The van der Waals surface area contributed by atoms with Crippen LogP contribution in [-0.4, -0.2) is 37.1 Å². The number of carbonyl (C=O) groups is 2. The van der Waals surface area contributed by atoms with Crippen LogP contribution < -0.4 is 15.4 Å². The van der Waals surface area contributed by atoms with Gasteiger partial charge >= 0.3 is 5.97 Å².